The summed E-state index contributed by atoms with van der Waals surface area (Å²) >= 11 is 4.26. The van der Waals surface area contributed by atoms with E-state index >= 15 is 0 Å². The molecule has 5 N–H and O–H groups in total. The second-order valence-electron chi connectivity index (χ2n) is 7.22. The number of hydrogen-bond donors (Lipinski definition) is 5. The lowest BCUT2D eigenvalue weighted by Gasteiger charge is -2.39. The van der Waals surface area contributed by atoms with Crippen LogP contribution in [0, 0.1) is 5.92 Å². The highest BCUT2D eigenvalue weighted by Gasteiger charge is 2.46. The van der Waals surface area contributed by atoms with Crippen molar-refractivity contribution < 1.29 is 34.5 Å². The van der Waals surface area contributed by atoms with E-state index in [0.717, 1.165) is 10.5 Å². The molecule has 0 aliphatic carbocycles. The number of anilines is 1. The van der Waals surface area contributed by atoms with Crippen LogP contribution in [0.15, 0.2) is 54.6 Å². The zero-order valence-electron chi connectivity index (χ0n) is 17.0. The molecule has 1 unspecified atom stereocenters. The first kappa shape index (κ1) is 24.9. The normalized spacial score (nSPS) is 13.6. The van der Waals surface area contributed by atoms with Crippen molar-refractivity contribution in [2.75, 3.05) is 10.7 Å². The van der Waals surface area contributed by atoms with Gasteiger partial charge in [0.25, 0.3) is 0 Å². The second-order valence-corrected chi connectivity index (χ2v) is 7.58. The Morgan fingerprint density at radius 2 is 1.56 bits per heavy atom. The molecule has 2 atom stereocenters. The minimum Gasteiger partial charge on any atom is -0.481 e. The van der Waals surface area contributed by atoms with Gasteiger partial charge in [-0.15, -0.1) is 0 Å². The van der Waals surface area contributed by atoms with Crippen LogP contribution in [0.1, 0.15) is 28.8 Å². The predicted octanol–water partition coefficient (Wildman–Crippen LogP) is 2.11. The van der Waals surface area contributed by atoms with Crippen molar-refractivity contribution in [1.29, 1.82) is 0 Å². The molecule has 2 aromatic carbocycles. The summed E-state index contributed by atoms with van der Waals surface area (Å²) in [6.07, 6.45) is -0.903. The Balaban J connectivity index is 2.54. The molecule has 9 nitrogen and oxygen atoms in total. The molecule has 0 heterocycles. The molecule has 0 aromatic heterocycles. The molecule has 32 heavy (non-hydrogen) atoms. The number of nitrogens with two attached hydrogens (primary N) is 1. The van der Waals surface area contributed by atoms with Crippen LogP contribution in [-0.2, 0) is 20.8 Å². The van der Waals surface area contributed by atoms with E-state index in [1.807, 2.05) is 18.2 Å². The van der Waals surface area contributed by atoms with E-state index < -0.39 is 48.2 Å². The van der Waals surface area contributed by atoms with Crippen LogP contribution in [0.4, 0.5) is 5.69 Å². The summed E-state index contributed by atoms with van der Waals surface area (Å²) in [6, 6.07) is 14.0. The molecule has 0 saturated carbocycles. The number of benzene rings is 2. The van der Waals surface area contributed by atoms with Gasteiger partial charge >= 0.3 is 17.9 Å². The molecule has 1 amide bonds. The first-order valence-electron chi connectivity index (χ1n) is 9.66. The summed E-state index contributed by atoms with van der Waals surface area (Å²) in [6.45, 7) is 0. The third kappa shape index (κ3) is 5.86. The van der Waals surface area contributed by atoms with Crippen LogP contribution in [0.25, 0.3) is 0 Å². The summed E-state index contributed by atoms with van der Waals surface area (Å²) in [7, 11) is 0. The number of amides is 1. The van der Waals surface area contributed by atoms with Crippen LogP contribution in [-0.4, -0.2) is 50.6 Å². The fraction of sp³-hybridized carbons (Fsp3) is 0.273. The van der Waals surface area contributed by atoms with Crippen molar-refractivity contribution in [2.45, 2.75) is 24.9 Å². The number of rotatable bonds is 11. The Kier molecular flexibility index (Phi) is 8.39. The molecule has 0 bridgehead atoms. The summed E-state index contributed by atoms with van der Waals surface area (Å²) in [5, 5.41) is 28.1. The summed E-state index contributed by atoms with van der Waals surface area (Å²) in [5.74, 6) is -5.42. The number of hydrogen-bond acceptors (Lipinski definition) is 6. The predicted molar refractivity (Wildman–Crippen MR) is 120 cm³/mol. The molecule has 0 aliphatic heterocycles. The average molecular weight is 461 g/mol. The number of carboxylic acid groups (broad SMARTS) is 3. The summed E-state index contributed by atoms with van der Waals surface area (Å²) < 4.78 is 0. The topological polar surface area (TPSA) is 158 Å². The highest BCUT2D eigenvalue weighted by molar-refractivity contribution is 7.80. The van der Waals surface area contributed by atoms with E-state index in [-0.39, 0.29) is 23.4 Å². The van der Waals surface area contributed by atoms with E-state index in [4.69, 9.17) is 15.9 Å². The van der Waals surface area contributed by atoms with Crippen molar-refractivity contribution in [2.24, 2.45) is 11.7 Å². The second kappa shape index (κ2) is 10.8. The average Bonchev–Trinajstić information content (AvgIpc) is 2.77. The van der Waals surface area contributed by atoms with Gasteiger partial charge in [0.2, 0.25) is 5.91 Å². The molecule has 0 spiro atoms. The van der Waals surface area contributed by atoms with E-state index in [1.165, 1.54) is 24.3 Å². The number of carboxylic acids is 3. The summed E-state index contributed by atoms with van der Waals surface area (Å²) in [4.78, 5) is 48.9. The largest absolute Gasteiger partial charge is 0.481 e. The van der Waals surface area contributed by atoms with Gasteiger partial charge in [-0.05, 0) is 36.2 Å². The van der Waals surface area contributed by atoms with E-state index in [2.05, 4.69) is 12.6 Å². The zero-order chi connectivity index (χ0) is 23.9. The van der Waals surface area contributed by atoms with Crippen molar-refractivity contribution >= 4 is 42.1 Å². The monoisotopic (exact) mass is 460 g/mol. The fourth-order valence-electron chi connectivity index (χ4n) is 3.23. The Morgan fingerprint density at radius 1 is 0.969 bits per heavy atom. The Morgan fingerprint density at radius 3 is 2.03 bits per heavy atom. The van der Waals surface area contributed by atoms with Crippen molar-refractivity contribution in [1.82, 2.24) is 0 Å². The quantitative estimate of drug-likeness (QED) is 0.252. The number of aliphatic carboxylic acids is 2. The third-order valence-electron chi connectivity index (χ3n) is 4.98. The van der Waals surface area contributed by atoms with Crippen LogP contribution >= 0.6 is 12.6 Å². The van der Waals surface area contributed by atoms with Gasteiger partial charge in [0.05, 0.1) is 11.5 Å². The van der Waals surface area contributed by atoms with Gasteiger partial charge in [0.15, 0.2) is 5.66 Å². The lowest BCUT2D eigenvalue weighted by atomic mass is 9.95. The molecule has 0 fully saturated rings. The Bertz CT molecular complexity index is 982. The standard InChI is InChI=1S/C22H24N2O7S/c23-22(21(30)31,11-10-18(25)26)24(17-8-6-15(7-9-17)20(28)29)19(27)16(13-32)12-14-4-2-1-3-5-14/h1-9,16,32H,10-13,23H2,(H,25,26)(H,28,29)(H,30,31)/t16?,22-/m1/s1. The van der Waals surface area contributed by atoms with Crippen LogP contribution in [0.2, 0.25) is 0 Å². The van der Waals surface area contributed by atoms with E-state index in [1.54, 1.807) is 12.1 Å². The zero-order valence-corrected chi connectivity index (χ0v) is 17.9. The van der Waals surface area contributed by atoms with Gasteiger partial charge in [-0.25, -0.2) is 9.59 Å². The van der Waals surface area contributed by atoms with Gasteiger partial charge in [-0.1, -0.05) is 30.3 Å². The van der Waals surface area contributed by atoms with E-state index in [0.29, 0.717) is 0 Å². The number of nitrogens with zero attached hydrogens (tertiary/aromatic N) is 1. The van der Waals surface area contributed by atoms with E-state index in [9.17, 15) is 24.3 Å². The van der Waals surface area contributed by atoms with Gasteiger partial charge in [-0.3, -0.25) is 20.2 Å². The lowest BCUT2D eigenvalue weighted by molar-refractivity contribution is -0.146. The maximum absolute atomic E-state index is 13.6. The SMILES string of the molecule is N[C@@](CCC(=O)O)(C(=O)O)N(C(=O)C(CS)Cc1ccccc1)c1ccc(C(=O)O)cc1. The van der Waals surface area contributed by atoms with Gasteiger partial charge in [0, 0.05) is 24.3 Å². The third-order valence-corrected chi connectivity index (χ3v) is 5.42. The van der Waals surface area contributed by atoms with Crippen LogP contribution < -0.4 is 10.6 Å². The molecule has 170 valence electrons. The maximum Gasteiger partial charge on any atom is 0.345 e. The highest BCUT2D eigenvalue weighted by atomic mass is 32.1. The van der Waals surface area contributed by atoms with Crippen LogP contribution in [0.3, 0.4) is 0 Å². The lowest BCUT2D eigenvalue weighted by Crippen LogP contribution is -2.65. The minimum atomic E-state index is -2.38. The van der Waals surface area contributed by atoms with Gasteiger partial charge in [0.1, 0.15) is 0 Å². The molecule has 0 radical (unpaired) electrons. The molecule has 0 saturated heterocycles. The number of thiol groups is 1. The van der Waals surface area contributed by atoms with Gasteiger partial charge < -0.3 is 15.3 Å². The number of aromatic carboxylic acids is 1. The number of carbonyl (C=O) groups is 4. The van der Waals surface area contributed by atoms with Gasteiger partial charge in [-0.2, -0.15) is 12.6 Å². The molecular formula is C22H24N2O7S. The highest BCUT2D eigenvalue weighted by Crippen LogP contribution is 2.29. The first-order valence-corrected chi connectivity index (χ1v) is 10.3. The molecule has 2 rings (SSSR count). The Hall–Kier alpha value is -3.37. The number of carbonyl (C=O) groups excluding carboxylic acids is 1. The molecule has 10 heteroatoms. The maximum atomic E-state index is 13.6. The van der Waals surface area contributed by atoms with Crippen molar-refractivity contribution in [3.05, 3.63) is 65.7 Å². The molecule has 0 aliphatic rings. The van der Waals surface area contributed by atoms with Crippen molar-refractivity contribution in [3.63, 3.8) is 0 Å². The van der Waals surface area contributed by atoms with Crippen molar-refractivity contribution in [3.8, 4) is 0 Å². The minimum absolute atomic E-state index is 0.0372. The smallest absolute Gasteiger partial charge is 0.345 e. The first-order chi connectivity index (χ1) is 15.1. The Labute approximate surface area is 189 Å². The summed E-state index contributed by atoms with van der Waals surface area (Å²) in [5.41, 5.74) is 4.57. The fourth-order valence-corrected chi connectivity index (χ4v) is 3.52. The molecule has 2 aromatic rings. The van der Waals surface area contributed by atoms with Crippen LogP contribution in [0.5, 0.6) is 0 Å². The molecular weight excluding hydrogens is 436 g/mol.